The van der Waals surface area contributed by atoms with E-state index in [1.165, 1.54) is 12.1 Å². The van der Waals surface area contributed by atoms with Gasteiger partial charge in [0.15, 0.2) is 6.04 Å². The van der Waals surface area contributed by atoms with Gasteiger partial charge in [0.1, 0.15) is 5.82 Å². The summed E-state index contributed by atoms with van der Waals surface area (Å²) in [6, 6.07) is 12.5. The number of halogens is 2. The van der Waals surface area contributed by atoms with Crippen LogP contribution in [-0.2, 0) is 9.53 Å². The van der Waals surface area contributed by atoms with Crippen molar-refractivity contribution in [1.82, 2.24) is 0 Å². The van der Waals surface area contributed by atoms with Gasteiger partial charge in [-0.3, -0.25) is 0 Å². The second-order valence-corrected chi connectivity index (χ2v) is 4.80. The normalized spacial score (nSPS) is 11.8. The Labute approximate surface area is 127 Å². The molecule has 0 spiro atoms. The Balaban J connectivity index is 2.30. The number of carbonyl (C=O) groups excluding carboxylic acids is 1. The second-order valence-electron chi connectivity index (χ2n) is 4.36. The second kappa shape index (κ2) is 7.09. The largest absolute Gasteiger partial charge is 0.464 e. The lowest BCUT2D eigenvalue weighted by molar-refractivity contribution is -0.144. The molecule has 0 aliphatic carbocycles. The fourth-order valence-electron chi connectivity index (χ4n) is 1.91. The molecule has 0 fully saturated rings. The molecule has 1 N–H and O–H groups in total. The summed E-state index contributed by atoms with van der Waals surface area (Å²) in [5.74, 6) is -0.981. The van der Waals surface area contributed by atoms with E-state index >= 15 is 0 Å². The zero-order valence-corrected chi connectivity index (χ0v) is 12.2. The van der Waals surface area contributed by atoms with E-state index in [9.17, 15) is 9.18 Å². The first kappa shape index (κ1) is 15.3. The molecule has 0 bridgehead atoms. The van der Waals surface area contributed by atoms with E-state index in [0.29, 0.717) is 10.6 Å². The Bertz CT molecular complexity index is 619. The molecular weight excluding hydrogens is 293 g/mol. The van der Waals surface area contributed by atoms with Gasteiger partial charge in [0, 0.05) is 5.02 Å². The van der Waals surface area contributed by atoms with Crippen molar-refractivity contribution in [3.63, 3.8) is 0 Å². The number of carbonyl (C=O) groups is 1. The summed E-state index contributed by atoms with van der Waals surface area (Å²) in [5.41, 5.74) is 0.895. The van der Waals surface area contributed by atoms with Crippen LogP contribution in [0.3, 0.4) is 0 Å². The Hall–Kier alpha value is -2.07. The van der Waals surface area contributed by atoms with Crippen LogP contribution >= 0.6 is 11.6 Å². The maximum atomic E-state index is 13.9. The van der Waals surface area contributed by atoms with Gasteiger partial charge in [-0.25, -0.2) is 9.18 Å². The van der Waals surface area contributed by atoms with Crippen LogP contribution in [0.25, 0.3) is 0 Å². The molecule has 1 atom stereocenters. The molecule has 0 radical (unpaired) electrons. The predicted molar refractivity (Wildman–Crippen MR) is 80.8 cm³/mol. The van der Waals surface area contributed by atoms with E-state index < -0.39 is 17.8 Å². The van der Waals surface area contributed by atoms with Crippen LogP contribution in [0.4, 0.5) is 10.1 Å². The fraction of sp³-hybridized carbons (Fsp3) is 0.188. The molecule has 2 aromatic rings. The summed E-state index contributed by atoms with van der Waals surface area (Å²) >= 11 is 5.72. The first-order valence-electron chi connectivity index (χ1n) is 6.55. The summed E-state index contributed by atoms with van der Waals surface area (Å²) < 4.78 is 18.9. The molecule has 0 saturated heterocycles. The number of nitrogens with one attached hydrogen (secondary N) is 1. The van der Waals surface area contributed by atoms with E-state index in [1.54, 1.807) is 25.1 Å². The van der Waals surface area contributed by atoms with E-state index in [1.807, 2.05) is 18.2 Å². The van der Waals surface area contributed by atoms with E-state index in [2.05, 4.69) is 5.32 Å². The highest BCUT2D eigenvalue weighted by molar-refractivity contribution is 6.30. The fourth-order valence-corrected chi connectivity index (χ4v) is 2.07. The minimum absolute atomic E-state index is 0.196. The lowest BCUT2D eigenvalue weighted by Crippen LogP contribution is -2.23. The number of rotatable bonds is 5. The average molecular weight is 308 g/mol. The summed E-state index contributed by atoms with van der Waals surface area (Å²) in [5, 5.41) is 3.16. The first-order chi connectivity index (χ1) is 10.1. The summed E-state index contributed by atoms with van der Waals surface area (Å²) in [4.78, 5) is 12.1. The van der Waals surface area contributed by atoms with Crippen molar-refractivity contribution >= 4 is 23.3 Å². The van der Waals surface area contributed by atoms with Crippen LogP contribution < -0.4 is 5.32 Å². The zero-order valence-electron chi connectivity index (χ0n) is 11.5. The average Bonchev–Trinajstić information content (AvgIpc) is 2.47. The predicted octanol–water partition coefficient (Wildman–Crippen LogP) is 4.20. The van der Waals surface area contributed by atoms with Crippen molar-refractivity contribution in [2.75, 3.05) is 11.9 Å². The Morgan fingerprint density at radius 2 is 2.00 bits per heavy atom. The monoisotopic (exact) mass is 307 g/mol. The van der Waals surface area contributed by atoms with Gasteiger partial charge in [0.25, 0.3) is 0 Å². The molecule has 5 heteroatoms. The number of hydrogen-bond acceptors (Lipinski definition) is 3. The maximum absolute atomic E-state index is 13.9. The van der Waals surface area contributed by atoms with Crippen LogP contribution in [0.2, 0.25) is 5.02 Å². The van der Waals surface area contributed by atoms with Gasteiger partial charge < -0.3 is 10.1 Å². The number of ether oxygens (including phenoxy) is 1. The molecule has 0 saturated carbocycles. The molecule has 3 nitrogen and oxygen atoms in total. The van der Waals surface area contributed by atoms with Gasteiger partial charge in [0.05, 0.1) is 12.3 Å². The molecule has 1 unspecified atom stereocenters. The summed E-state index contributed by atoms with van der Waals surface area (Å²) in [6.45, 7) is 1.98. The van der Waals surface area contributed by atoms with Crippen molar-refractivity contribution in [3.8, 4) is 0 Å². The Morgan fingerprint density at radius 3 is 2.62 bits per heavy atom. The van der Waals surface area contributed by atoms with Gasteiger partial charge in [-0.1, -0.05) is 41.9 Å². The highest BCUT2D eigenvalue weighted by Gasteiger charge is 2.22. The van der Waals surface area contributed by atoms with Gasteiger partial charge >= 0.3 is 5.97 Å². The Kier molecular flexibility index (Phi) is 5.17. The third kappa shape index (κ3) is 3.95. The van der Waals surface area contributed by atoms with E-state index in [4.69, 9.17) is 16.3 Å². The maximum Gasteiger partial charge on any atom is 0.333 e. The molecule has 110 valence electrons. The first-order valence-corrected chi connectivity index (χ1v) is 6.92. The minimum atomic E-state index is -0.776. The van der Waals surface area contributed by atoms with Crippen LogP contribution in [0.15, 0.2) is 48.5 Å². The molecule has 0 aliphatic rings. The summed E-state index contributed by atoms with van der Waals surface area (Å²) in [6.07, 6.45) is 0. The highest BCUT2D eigenvalue weighted by atomic mass is 35.5. The topological polar surface area (TPSA) is 38.3 Å². The zero-order chi connectivity index (χ0) is 15.2. The van der Waals surface area contributed by atoms with Gasteiger partial charge in [-0.2, -0.15) is 0 Å². The molecule has 0 heterocycles. The molecule has 0 aromatic heterocycles. The third-order valence-corrected chi connectivity index (χ3v) is 3.12. The highest BCUT2D eigenvalue weighted by Crippen LogP contribution is 2.25. The van der Waals surface area contributed by atoms with Crippen LogP contribution in [-0.4, -0.2) is 12.6 Å². The molecule has 21 heavy (non-hydrogen) atoms. The molecule has 2 rings (SSSR count). The van der Waals surface area contributed by atoms with Crippen molar-refractivity contribution in [2.45, 2.75) is 13.0 Å². The van der Waals surface area contributed by atoms with Crippen molar-refractivity contribution in [2.24, 2.45) is 0 Å². The third-order valence-electron chi connectivity index (χ3n) is 2.89. The molecule has 0 aliphatic heterocycles. The number of benzene rings is 2. The van der Waals surface area contributed by atoms with Gasteiger partial charge in [-0.15, -0.1) is 0 Å². The van der Waals surface area contributed by atoms with E-state index in [0.717, 1.165) is 0 Å². The van der Waals surface area contributed by atoms with Crippen molar-refractivity contribution in [3.05, 3.63) is 64.9 Å². The molecular formula is C16H15ClFNO2. The number of esters is 1. The Morgan fingerprint density at radius 1 is 1.29 bits per heavy atom. The van der Waals surface area contributed by atoms with Gasteiger partial charge in [-0.05, 0) is 30.7 Å². The van der Waals surface area contributed by atoms with Crippen LogP contribution in [0.5, 0.6) is 0 Å². The number of anilines is 1. The van der Waals surface area contributed by atoms with E-state index in [-0.39, 0.29) is 12.3 Å². The quantitative estimate of drug-likeness (QED) is 0.842. The number of hydrogen-bond donors (Lipinski definition) is 1. The minimum Gasteiger partial charge on any atom is -0.464 e. The van der Waals surface area contributed by atoms with Crippen LogP contribution in [0.1, 0.15) is 18.5 Å². The lowest BCUT2D eigenvalue weighted by atomic mass is 10.1. The summed E-state index contributed by atoms with van der Waals surface area (Å²) in [7, 11) is 0. The molecule has 0 amide bonds. The molecule has 2 aromatic carbocycles. The van der Waals surface area contributed by atoms with Crippen molar-refractivity contribution in [1.29, 1.82) is 0 Å². The lowest BCUT2D eigenvalue weighted by Gasteiger charge is -2.19. The van der Waals surface area contributed by atoms with Crippen LogP contribution in [0, 0.1) is 5.82 Å². The van der Waals surface area contributed by atoms with Crippen molar-refractivity contribution < 1.29 is 13.9 Å². The smallest absolute Gasteiger partial charge is 0.333 e. The standard InChI is InChI=1S/C16H15ClFNO2/c1-2-21-16(20)15(11-6-4-3-5-7-11)19-14-9-8-12(17)10-13(14)18/h3-10,15,19H,2H2,1H3. The van der Waals surface area contributed by atoms with Gasteiger partial charge in [0.2, 0.25) is 0 Å². The SMILES string of the molecule is CCOC(=O)C(Nc1ccc(Cl)cc1F)c1ccccc1.